The van der Waals surface area contributed by atoms with E-state index in [1.165, 1.54) is 17.6 Å². The molecule has 1 heterocycles. The van der Waals surface area contributed by atoms with Crippen LogP contribution in [0.4, 0.5) is 5.13 Å². The monoisotopic (exact) mass is 379 g/mol. The second-order valence-corrected chi connectivity index (χ2v) is 6.63. The predicted molar refractivity (Wildman–Crippen MR) is 106 cm³/mol. The van der Waals surface area contributed by atoms with Gasteiger partial charge in [-0.3, -0.25) is 4.79 Å². The van der Waals surface area contributed by atoms with Gasteiger partial charge in [-0.05, 0) is 48.9 Å². The molecule has 2 N–H and O–H groups in total. The molecular formula is C19H17N5O2S. The van der Waals surface area contributed by atoms with Crippen LogP contribution in [0.3, 0.4) is 0 Å². The van der Waals surface area contributed by atoms with Crippen molar-refractivity contribution in [2.45, 2.75) is 13.0 Å². The Balaban J connectivity index is 1.52. The van der Waals surface area contributed by atoms with Crippen molar-refractivity contribution < 1.29 is 9.53 Å². The molecule has 3 rings (SSSR count). The van der Waals surface area contributed by atoms with Gasteiger partial charge in [0, 0.05) is 0 Å². The average Bonchev–Trinajstić information content (AvgIpc) is 3.09. The van der Waals surface area contributed by atoms with Gasteiger partial charge in [-0.25, -0.2) is 10.4 Å². The van der Waals surface area contributed by atoms with E-state index < -0.39 is 6.04 Å². The number of rotatable bonds is 7. The number of hydrogen-bond donors (Lipinski definition) is 2. The molecule has 0 aliphatic heterocycles. The van der Waals surface area contributed by atoms with Gasteiger partial charge < -0.3 is 10.1 Å². The Hall–Kier alpha value is -3.44. The highest BCUT2D eigenvalue weighted by Crippen LogP contribution is 2.25. The molecule has 0 saturated carbocycles. The number of carbonyl (C=O) groups excluding carboxylic acids is 1. The molecule has 27 heavy (non-hydrogen) atoms. The van der Waals surface area contributed by atoms with Crippen LogP contribution in [0.15, 0.2) is 53.6 Å². The van der Waals surface area contributed by atoms with Crippen molar-refractivity contribution in [2.24, 2.45) is 5.10 Å². The molecule has 0 bridgehead atoms. The maximum absolute atomic E-state index is 12.2. The Morgan fingerprint density at radius 1 is 1.33 bits per heavy atom. The molecule has 8 heteroatoms. The first-order chi connectivity index (χ1) is 13.2. The number of fused-ring (bicyclic) bond motifs is 1. The van der Waals surface area contributed by atoms with E-state index in [4.69, 9.17) is 10.00 Å². The second-order valence-electron chi connectivity index (χ2n) is 5.60. The van der Waals surface area contributed by atoms with E-state index in [0.29, 0.717) is 10.9 Å². The van der Waals surface area contributed by atoms with Crippen molar-refractivity contribution in [2.75, 3.05) is 11.9 Å². The number of para-hydroxylation sites is 1. The minimum absolute atomic E-state index is 0.00302. The molecule has 136 valence electrons. The van der Waals surface area contributed by atoms with Gasteiger partial charge in [-0.2, -0.15) is 10.4 Å². The lowest BCUT2D eigenvalue weighted by Gasteiger charge is -2.10. The standard InChI is InChI=1S/C19H17N5O2S/c1-13(22-19-23-16-4-2-3-5-17(16)27-19)18(25)24-21-12-14-6-8-15(9-7-14)26-11-10-20/h2-9,12-13H,11H2,1H3,(H,22,23)(H,24,25)/b21-12-/t13-/m0/s1. The van der Waals surface area contributed by atoms with E-state index in [0.717, 1.165) is 15.8 Å². The van der Waals surface area contributed by atoms with E-state index in [9.17, 15) is 4.79 Å². The summed E-state index contributed by atoms with van der Waals surface area (Å²) in [4.78, 5) is 16.6. The number of carbonyl (C=O) groups is 1. The Morgan fingerprint density at radius 3 is 2.85 bits per heavy atom. The van der Waals surface area contributed by atoms with Crippen LogP contribution < -0.4 is 15.5 Å². The maximum atomic E-state index is 12.2. The highest BCUT2D eigenvalue weighted by atomic mass is 32.1. The summed E-state index contributed by atoms with van der Waals surface area (Å²) in [6.45, 7) is 1.75. The van der Waals surface area contributed by atoms with Gasteiger partial charge in [0.2, 0.25) is 0 Å². The number of ether oxygens (including phenoxy) is 1. The fourth-order valence-electron chi connectivity index (χ4n) is 2.22. The molecule has 3 aromatic rings. The van der Waals surface area contributed by atoms with Gasteiger partial charge in [0.15, 0.2) is 11.7 Å². The van der Waals surface area contributed by atoms with Gasteiger partial charge in [0.05, 0.1) is 16.4 Å². The van der Waals surface area contributed by atoms with Gasteiger partial charge in [-0.15, -0.1) is 0 Å². The summed E-state index contributed by atoms with van der Waals surface area (Å²) in [6.07, 6.45) is 1.54. The molecule has 2 aromatic carbocycles. The average molecular weight is 379 g/mol. The molecule has 0 spiro atoms. The van der Waals surface area contributed by atoms with E-state index in [1.54, 1.807) is 31.2 Å². The van der Waals surface area contributed by atoms with Gasteiger partial charge in [0.25, 0.3) is 5.91 Å². The molecule has 0 radical (unpaired) electrons. The summed E-state index contributed by atoms with van der Waals surface area (Å²) in [5, 5.41) is 16.2. The molecule has 7 nitrogen and oxygen atoms in total. The fourth-order valence-corrected chi connectivity index (χ4v) is 3.17. The molecule has 0 saturated heterocycles. The van der Waals surface area contributed by atoms with Crippen LogP contribution in [0.25, 0.3) is 10.2 Å². The number of thiazole rings is 1. The van der Waals surface area contributed by atoms with Crippen molar-refractivity contribution in [1.82, 2.24) is 10.4 Å². The Labute approximate surface area is 160 Å². The lowest BCUT2D eigenvalue weighted by atomic mass is 10.2. The first kappa shape index (κ1) is 18.4. The molecule has 0 unspecified atom stereocenters. The van der Waals surface area contributed by atoms with Crippen molar-refractivity contribution in [3.63, 3.8) is 0 Å². The summed E-state index contributed by atoms with van der Waals surface area (Å²) in [7, 11) is 0. The molecular weight excluding hydrogens is 362 g/mol. The van der Waals surface area contributed by atoms with Crippen LogP contribution in [0, 0.1) is 11.3 Å². The van der Waals surface area contributed by atoms with E-state index >= 15 is 0 Å². The largest absolute Gasteiger partial charge is 0.479 e. The summed E-state index contributed by atoms with van der Waals surface area (Å²) in [5.74, 6) is 0.339. The van der Waals surface area contributed by atoms with Crippen LogP contribution in [0.5, 0.6) is 5.75 Å². The van der Waals surface area contributed by atoms with E-state index in [2.05, 4.69) is 20.8 Å². The SMILES string of the molecule is C[C@H](Nc1nc2ccccc2s1)C(=O)N/N=C\c1ccc(OCC#N)cc1. The smallest absolute Gasteiger partial charge is 0.262 e. The molecule has 1 aromatic heterocycles. The Bertz CT molecular complexity index is 958. The number of hydrogen-bond acceptors (Lipinski definition) is 7. The second kappa shape index (κ2) is 8.78. The zero-order valence-corrected chi connectivity index (χ0v) is 15.4. The molecule has 0 aliphatic rings. The summed E-state index contributed by atoms with van der Waals surface area (Å²) in [5.41, 5.74) is 4.20. The summed E-state index contributed by atoms with van der Waals surface area (Å²) < 4.78 is 6.24. The van der Waals surface area contributed by atoms with Crippen LogP contribution >= 0.6 is 11.3 Å². The number of aromatic nitrogens is 1. The number of nitrogens with one attached hydrogen (secondary N) is 2. The van der Waals surface area contributed by atoms with Crippen LogP contribution in [-0.2, 0) is 4.79 Å². The van der Waals surface area contributed by atoms with Crippen LogP contribution in [0.1, 0.15) is 12.5 Å². The molecule has 1 amide bonds. The number of nitrogens with zero attached hydrogens (tertiary/aromatic N) is 3. The normalized spacial score (nSPS) is 11.9. The lowest BCUT2D eigenvalue weighted by Crippen LogP contribution is -2.34. The van der Waals surface area contributed by atoms with Crippen molar-refractivity contribution >= 4 is 38.8 Å². The molecule has 0 aliphatic carbocycles. The first-order valence-electron chi connectivity index (χ1n) is 8.20. The quantitative estimate of drug-likeness (QED) is 0.485. The summed E-state index contributed by atoms with van der Waals surface area (Å²) in [6, 6.07) is 16.3. The Morgan fingerprint density at radius 2 is 2.11 bits per heavy atom. The highest BCUT2D eigenvalue weighted by Gasteiger charge is 2.14. The third-order valence-corrected chi connectivity index (χ3v) is 4.57. The van der Waals surface area contributed by atoms with Crippen molar-refractivity contribution in [3.8, 4) is 11.8 Å². The number of benzene rings is 2. The van der Waals surface area contributed by atoms with Crippen LogP contribution in [0.2, 0.25) is 0 Å². The minimum atomic E-state index is -0.482. The van der Waals surface area contributed by atoms with E-state index in [1.807, 2.05) is 30.3 Å². The fraction of sp³-hybridized carbons (Fsp3) is 0.158. The number of anilines is 1. The molecule has 1 atom stereocenters. The zero-order chi connectivity index (χ0) is 19.1. The Kier molecular flexibility index (Phi) is 5.97. The third-order valence-electron chi connectivity index (χ3n) is 3.60. The van der Waals surface area contributed by atoms with Crippen molar-refractivity contribution in [3.05, 3.63) is 54.1 Å². The molecule has 0 fully saturated rings. The zero-order valence-electron chi connectivity index (χ0n) is 14.5. The maximum Gasteiger partial charge on any atom is 0.262 e. The van der Waals surface area contributed by atoms with Gasteiger partial charge in [0.1, 0.15) is 17.9 Å². The highest BCUT2D eigenvalue weighted by molar-refractivity contribution is 7.22. The third kappa shape index (κ3) is 5.03. The van der Waals surface area contributed by atoms with Crippen molar-refractivity contribution in [1.29, 1.82) is 5.26 Å². The van der Waals surface area contributed by atoms with E-state index in [-0.39, 0.29) is 12.5 Å². The first-order valence-corrected chi connectivity index (χ1v) is 9.02. The topological polar surface area (TPSA) is 99.4 Å². The lowest BCUT2D eigenvalue weighted by molar-refractivity contribution is -0.121. The number of amides is 1. The van der Waals surface area contributed by atoms with Crippen LogP contribution in [-0.4, -0.2) is 29.8 Å². The van der Waals surface area contributed by atoms with Gasteiger partial charge >= 0.3 is 0 Å². The predicted octanol–water partition coefficient (Wildman–Crippen LogP) is 3.15. The number of hydrazone groups is 1. The minimum Gasteiger partial charge on any atom is -0.479 e. The van der Waals surface area contributed by atoms with Gasteiger partial charge in [-0.1, -0.05) is 23.5 Å². The summed E-state index contributed by atoms with van der Waals surface area (Å²) >= 11 is 1.50. The number of nitriles is 1.